The van der Waals surface area contributed by atoms with E-state index in [1.165, 1.54) is 11.3 Å². The number of carbonyl (C=O) groups excluding carboxylic acids is 4. The summed E-state index contributed by atoms with van der Waals surface area (Å²) in [5.41, 5.74) is -0.629. The van der Waals surface area contributed by atoms with Crippen LogP contribution in [-0.4, -0.2) is 47.4 Å². The quantitative estimate of drug-likeness (QED) is 0.567. The first-order valence-electron chi connectivity index (χ1n) is 8.94. The minimum Gasteiger partial charge on any atom is -0.454 e. The van der Waals surface area contributed by atoms with Gasteiger partial charge in [-0.1, -0.05) is 19.8 Å². The summed E-state index contributed by atoms with van der Waals surface area (Å²) < 4.78 is 4.88. The van der Waals surface area contributed by atoms with Crippen LogP contribution < -0.4 is 10.6 Å². The second-order valence-corrected chi connectivity index (χ2v) is 7.84. The topological polar surface area (TPSA) is 129 Å². The number of rotatable bonds is 5. The Morgan fingerprint density at radius 3 is 2.96 bits per heavy atom. The summed E-state index contributed by atoms with van der Waals surface area (Å²) in [6.07, 6.45) is 3.22. The molecule has 1 aliphatic heterocycles. The number of imide groups is 1. The fraction of sp³-hybridized carbons (Fsp3) is 0.500. The van der Waals surface area contributed by atoms with Crippen molar-refractivity contribution in [3.05, 3.63) is 17.0 Å². The minimum atomic E-state index is -0.945. The molecular formula is C18H20N4O5S. The molecule has 1 spiro atoms. The Morgan fingerprint density at radius 2 is 2.25 bits per heavy atom. The highest BCUT2D eigenvalue weighted by molar-refractivity contribution is 7.14. The lowest BCUT2D eigenvalue weighted by Crippen LogP contribution is -2.54. The number of thiophene rings is 1. The third-order valence-electron chi connectivity index (χ3n) is 5.19. The van der Waals surface area contributed by atoms with E-state index in [9.17, 15) is 19.2 Å². The second-order valence-electron chi connectivity index (χ2n) is 6.92. The molecule has 2 fully saturated rings. The molecule has 4 amide bonds. The van der Waals surface area contributed by atoms with Gasteiger partial charge >= 0.3 is 12.0 Å². The summed E-state index contributed by atoms with van der Waals surface area (Å²) in [7, 11) is 0. The van der Waals surface area contributed by atoms with Crippen LogP contribution in [0.3, 0.4) is 0 Å². The van der Waals surface area contributed by atoms with Crippen molar-refractivity contribution in [2.45, 2.75) is 38.1 Å². The number of amides is 4. The van der Waals surface area contributed by atoms with Gasteiger partial charge in [-0.25, -0.2) is 4.79 Å². The van der Waals surface area contributed by atoms with Gasteiger partial charge < -0.3 is 15.4 Å². The molecule has 9 nitrogen and oxygen atoms in total. The third-order valence-corrected chi connectivity index (χ3v) is 6.02. The number of esters is 1. The highest BCUT2D eigenvalue weighted by Gasteiger charge is 2.55. The van der Waals surface area contributed by atoms with Crippen molar-refractivity contribution in [2.24, 2.45) is 5.92 Å². The molecule has 2 aliphatic rings. The maximum absolute atomic E-state index is 12.8. The number of hydrogen-bond acceptors (Lipinski definition) is 7. The van der Waals surface area contributed by atoms with Crippen LogP contribution >= 0.6 is 11.3 Å². The van der Waals surface area contributed by atoms with Gasteiger partial charge in [-0.15, -0.1) is 11.3 Å². The van der Waals surface area contributed by atoms with Gasteiger partial charge in [0.1, 0.15) is 23.2 Å². The summed E-state index contributed by atoms with van der Waals surface area (Å²) in [4.78, 5) is 49.8. The van der Waals surface area contributed by atoms with Gasteiger partial charge in [0.15, 0.2) is 6.61 Å². The van der Waals surface area contributed by atoms with Crippen molar-refractivity contribution < 1.29 is 23.9 Å². The van der Waals surface area contributed by atoms with Gasteiger partial charge in [0, 0.05) is 0 Å². The van der Waals surface area contributed by atoms with E-state index in [0.29, 0.717) is 17.0 Å². The van der Waals surface area contributed by atoms with Crippen molar-refractivity contribution in [3.8, 4) is 6.07 Å². The van der Waals surface area contributed by atoms with E-state index in [0.717, 1.165) is 24.2 Å². The van der Waals surface area contributed by atoms with Crippen LogP contribution in [0.2, 0.25) is 0 Å². The largest absolute Gasteiger partial charge is 0.454 e. The third kappa shape index (κ3) is 3.71. The number of carbonyl (C=O) groups is 4. The van der Waals surface area contributed by atoms with E-state index in [4.69, 9.17) is 10.00 Å². The molecule has 28 heavy (non-hydrogen) atoms. The van der Waals surface area contributed by atoms with Crippen molar-refractivity contribution in [2.75, 3.05) is 18.5 Å². The average molecular weight is 404 g/mol. The van der Waals surface area contributed by atoms with Gasteiger partial charge in [-0.05, 0) is 30.2 Å². The van der Waals surface area contributed by atoms with Crippen LogP contribution in [0.5, 0.6) is 0 Å². The van der Waals surface area contributed by atoms with Crippen LogP contribution in [0.15, 0.2) is 11.4 Å². The summed E-state index contributed by atoms with van der Waals surface area (Å²) in [6, 6.07) is 2.88. The van der Waals surface area contributed by atoms with Crippen LogP contribution in [0, 0.1) is 17.2 Å². The van der Waals surface area contributed by atoms with Crippen molar-refractivity contribution in [1.29, 1.82) is 5.26 Å². The molecule has 1 aromatic heterocycles. The highest BCUT2D eigenvalue weighted by atomic mass is 32.1. The average Bonchev–Trinajstić information content (AvgIpc) is 3.21. The normalized spacial score (nSPS) is 24.0. The molecule has 2 N–H and O–H groups in total. The van der Waals surface area contributed by atoms with E-state index < -0.39 is 42.5 Å². The molecule has 0 aromatic carbocycles. The molecule has 1 saturated carbocycles. The Morgan fingerprint density at radius 1 is 1.46 bits per heavy atom. The predicted molar refractivity (Wildman–Crippen MR) is 99.2 cm³/mol. The Labute approximate surface area is 165 Å². The zero-order chi connectivity index (χ0) is 20.3. The van der Waals surface area contributed by atoms with Crippen molar-refractivity contribution in [1.82, 2.24) is 10.2 Å². The van der Waals surface area contributed by atoms with Crippen LogP contribution in [0.4, 0.5) is 9.80 Å². The van der Waals surface area contributed by atoms with E-state index in [2.05, 4.69) is 10.6 Å². The molecule has 0 unspecified atom stereocenters. The maximum Gasteiger partial charge on any atom is 0.326 e. The first kappa shape index (κ1) is 19.8. The van der Waals surface area contributed by atoms with Gasteiger partial charge in [-0.2, -0.15) is 5.26 Å². The SMILES string of the molecule is C[C@@H]1CCCC[C@]12NC(=O)N(CC(=O)OCC(=O)Nc1sccc1C#N)C2=O. The first-order chi connectivity index (χ1) is 13.4. The fourth-order valence-electron chi connectivity index (χ4n) is 3.62. The summed E-state index contributed by atoms with van der Waals surface area (Å²) in [5, 5.41) is 16.2. The Hall–Kier alpha value is -2.93. The van der Waals surface area contributed by atoms with Gasteiger partial charge in [-0.3, -0.25) is 19.3 Å². The Bertz CT molecular complexity index is 860. The van der Waals surface area contributed by atoms with Gasteiger partial charge in [0.25, 0.3) is 11.8 Å². The molecule has 1 aromatic rings. The van der Waals surface area contributed by atoms with Crippen LogP contribution in [0.1, 0.15) is 38.2 Å². The number of ether oxygens (including phenoxy) is 1. The van der Waals surface area contributed by atoms with Crippen molar-refractivity contribution in [3.63, 3.8) is 0 Å². The summed E-state index contributed by atoms with van der Waals surface area (Å²) in [5.74, 6) is -1.89. The highest BCUT2D eigenvalue weighted by Crippen LogP contribution is 2.38. The molecule has 0 bridgehead atoms. The Balaban J connectivity index is 1.53. The maximum atomic E-state index is 12.8. The van der Waals surface area contributed by atoms with Crippen molar-refractivity contribution >= 4 is 40.2 Å². The molecule has 10 heteroatoms. The zero-order valence-corrected chi connectivity index (χ0v) is 16.1. The lowest BCUT2D eigenvalue weighted by Gasteiger charge is -2.36. The first-order valence-corrected chi connectivity index (χ1v) is 9.82. The summed E-state index contributed by atoms with van der Waals surface area (Å²) in [6.45, 7) is 0.797. The van der Waals surface area contributed by atoms with E-state index >= 15 is 0 Å². The number of nitriles is 1. The number of nitrogens with zero attached hydrogens (tertiary/aromatic N) is 2. The molecule has 148 valence electrons. The molecule has 2 atom stereocenters. The van der Waals surface area contributed by atoms with E-state index in [1.54, 1.807) is 11.4 Å². The predicted octanol–water partition coefficient (Wildman–Crippen LogP) is 1.60. The number of anilines is 1. The molecule has 3 rings (SSSR count). The molecule has 0 radical (unpaired) electrons. The van der Waals surface area contributed by atoms with Crippen LogP contribution in [-0.2, 0) is 19.1 Å². The summed E-state index contributed by atoms with van der Waals surface area (Å²) >= 11 is 1.18. The standard InChI is InChI=1S/C18H20N4O5S/c1-11-4-2-3-6-18(11)16(25)22(17(26)21-18)9-14(24)27-10-13(23)20-15-12(8-19)5-7-28-15/h5,7,11H,2-4,6,9-10H2,1H3,(H,20,23)(H,21,26)/t11-,18+/m1/s1. The molecule has 2 heterocycles. The zero-order valence-electron chi connectivity index (χ0n) is 15.3. The Kier molecular flexibility index (Phi) is 5.65. The van der Waals surface area contributed by atoms with E-state index in [-0.39, 0.29) is 5.92 Å². The molecule has 1 saturated heterocycles. The smallest absolute Gasteiger partial charge is 0.326 e. The van der Waals surface area contributed by atoms with Gasteiger partial charge in [0.05, 0.1) is 5.56 Å². The number of hydrogen-bond donors (Lipinski definition) is 2. The second kappa shape index (κ2) is 7.98. The number of urea groups is 1. The number of nitrogens with one attached hydrogen (secondary N) is 2. The van der Waals surface area contributed by atoms with E-state index in [1.807, 2.05) is 13.0 Å². The lowest BCUT2D eigenvalue weighted by molar-refractivity contribution is -0.150. The lowest BCUT2D eigenvalue weighted by atomic mass is 9.73. The van der Waals surface area contributed by atoms with Gasteiger partial charge in [0.2, 0.25) is 0 Å². The molecular weight excluding hydrogens is 384 g/mol. The molecule has 1 aliphatic carbocycles. The van der Waals surface area contributed by atoms with Crippen LogP contribution in [0.25, 0.3) is 0 Å². The minimum absolute atomic E-state index is 0.00961. The monoisotopic (exact) mass is 404 g/mol. The fourth-order valence-corrected chi connectivity index (χ4v) is 4.37.